The lowest BCUT2D eigenvalue weighted by Crippen LogP contribution is -2.45. The van der Waals surface area contributed by atoms with E-state index in [9.17, 15) is 9.90 Å². The number of aromatic nitrogens is 1. The summed E-state index contributed by atoms with van der Waals surface area (Å²) in [6, 6.07) is 1.74. The van der Waals surface area contributed by atoms with Gasteiger partial charge in [0.2, 0.25) is 0 Å². The van der Waals surface area contributed by atoms with E-state index < -0.39 is 5.60 Å². The first kappa shape index (κ1) is 13.8. The Bertz CT molecular complexity index is 450. The third-order valence-corrected chi connectivity index (χ3v) is 3.55. The molecule has 104 valence electrons. The average Bonchev–Trinajstić information content (AvgIpc) is 2.39. The maximum atomic E-state index is 12.5. The van der Waals surface area contributed by atoms with Crippen molar-refractivity contribution in [2.45, 2.75) is 32.3 Å². The summed E-state index contributed by atoms with van der Waals surface area (Å²) in [6.07, 6.45) is 4.56. The molecule has 5 heteroatoms. The number of aliphatic hydroxyl groups is 1. The molecule has 2 heterocycles. The number of carbonyl (C=O) groups excluding carboxylic acids is 1. The molecule has 1 amide bonds. The molecule has 0 aliphatic carbocycles. The van der Waals surface area contributed by atoms with Crippen LogP contribution in [0.15, 0.2) is 18.5 Å². The van der Waals surface area contributed by atoms with Crippen molar-refractivity contribution in [1.29, 1.82) is 0 Å². The fourth-order valence-electron chi connectivity index (χ4n) is 2.27. The zero-order chi connectivity index (χ0) is 13.9. The molecule has 5 nitrogen and oxygen atoms in total. The van der Waals surface area contributed by atoms with Crippen LogP contribution < -0.4 is 5.32 Å². The maximum Gasteiger partial charge on any atom is 0.256 e. The van der Waals surface area contributed by atoms with Crippen LogP contribution in [-0.2, 0) is 0 Å². The molecule has 0 atom stereocenters. The molecule has 1 saturated heterocycles. The summed E-state index contributed by atoms with van der Waals surface area (Å²) < 4.78 is 0. The molecule has 0 bridgehead atoms. The lowest BCUT2D eigenvalue weighted by Gasteiger charge is -2.36. The Labute approximate surface area is 113 Å². The number of amides is 1. The summed E-state index contributed by atoms with van der Waals surface area (Å²) in [7, 11) is 0. The standard InChI is InChI=1S/C14H21N3O2/c1-3-16-12-10-15-7-4-11(12)13(18)17-8-5-14(2,19)6-9-17/h4,7,10,16,19H,3,5-6,8-9H2,1-2H3. The minimum absolute atomic E-state index is 0.00819. The number of anilines is 1. The van der Waals surface area contributed by atoms with Gasteiger partial charge in [0.1, 0.15) is 0 Å². The Morgan fingerprint density at radius 3 is 2.84 bits per heavy atom. The summed E-state index contributed by atoms with van der Waals surface area (Å²) in [5.41, 5.74) is 0.783. The smallest absolute Gasteiger partial charge is 0.256 e. The number of pyridine rings is 1. The number of carbonyl (C=O) groups is 1. The number of hydrogen-bond acceptors (Lipinski definition) is 4. The topological polar surface area (TPSA) is 65.5 Å². The van der Waals surface area contributed by atoms with Crippen LogP contribution in [0.5, 0.6) is 0 Å². The zero-order valence-corrected chi connectivity index (χ0v) is 11.5. The van der Waals surface area contributed by atoms with Crippen LogP contribution in [0.2, 0.25) is 0 Å². The summed E-state index contributed by atoms with van der Waals surface area (Å²) in [5.74, 6) is 0.00819. The second-order valence-electron chi connectivity index (χ2n) is 5.24. The first-order valence-electron chi connectivity index (χ1n) is 6.73. The average molecular weight is 263 g/mol. The number of nitrogens with one attached hydrogen (secondary N) is 1. The molecule has 1 aromatic rings. The second-order valence-corrected chi connectivity index (χ2v) is 5.24. The van der Waals surface area contributed by atoms with E-state index in [1.807, 2.05) is 13.8 Å². The molecule has 1 aliphatic heterocycles. The molecule has 0 aromatic carbocycles. The van der Waals surface area contributed by atoms with Crippen molar-refractivity contribution in [1.82, 2.24) is 9.88 Å². The van der Waals surface area contributed by atoms with E-state index in [2.05, 4.69) is 10.3 Å². The van der Waals surface area contributed by atoms with Crippen LogP contribution in [0.4, 0.5) is 5.69 Å². The largest absolute Gasteiger partial charge is 0.390 e. The molecule has 19 heavy (non-hydrogen) atoms. The van der Waals surface area contributed by atoms with Crippen molar-refractivity contribution in [2.75, 3.05) is 25.0 Å². The lowest BCUT2D eigenvalue weighted by molar-refractivity contribution is -0.00199. The van der Waals surface area contributed by atoms with E-state index in [0.717, 1.165) is 12.2 Å². The summed E-state index contributed by atoms with van der Waals surface area (Å²) in [6.45, 7) is 5.75. The van der Waals surface area contributed by atoms with Gasteiger partial charge in [0.05, 0.1) is 23.0 Å². The molecule has 0 unspecified atom stereocenters. The Morgan fingerprint density at radius 1 is 1.53 bits per heavy atom. The van der Waals surface area contributed by atoms with Crippen molar-refractivity contribution in [2.24, 2.45) is 0 Å². The minimum atomic E-state index is -0.639. The number of piperidine rings is 1. The molecule has 2 N–H and O–H groups in total. The van der Waals surface area contributed by atoms with Crippen LogP contribution >= 0.6 is 0 Å². The Morgan fingerprint density at radius 2 is 2.21 bits per heavy atom. The highest BCUT2D eigenvalue weighted by Crippen LogP contribution is 2.24. The zero-order valence-electron chi connectivity index (χ0n) is 11.5. The third kappa shape index (κ3) is 3.23. The van der Waals surface area contributed by atoms with Gasteiger partial charge in [-0.05, 0) is 32.8 Å². The molecule has 0 spiro atoms. The predicted molar refractivity (Wildman–Crippen MR) is 74.2 cm³/mol. The van der Waals surface area contributed by atoms with Crippen molar-refractivity contribution in [3.05, 3.63) is 24.0 Å². The van der Waals surface area contributed by atoms with Gasteiger partial charge in [-0.25, -0.2) is 0 Å². The molecule has 2 rings (SSSR count). The Kier molecular flexibility index (Phi) is 4.04. The summed E-state index contributed by atoms with van der Waals surface area (Å²) in [4.78, 5) is 18.3. The van der Waals surface area contributed by atoms with Gasteiger partial charge in [0.25, 0.3) is 5.91 Å². The van der Waals surface area contributed by atoms with Crippen LogP contribution in [-0.4, -0.2) is 46.1 Å². The van der Waals surface area contributed by atoms with Crippen LogP contribution in [0.3, 0.4) is 0 Å². The molecule has 1 aromatic heterocycles. The number of likely N-dealkylation sites (tertiary alicyclic amines) is 1. The quantitative estimate of drug-likeness (QED) is 0.867. The third-order valence-electron chi connectivity index (χ3n) is 3.55. The normalized spacial score (nSPS) is 18.2. The molecule has 0 radical (unpaired) electrons. The Balaban J connectivity index is 2.12. The van der Waals surface area contributed by atoms with E-state index in [4.69, 9.17) is 0 Å². The van der Waals surface area contributed by atoms with Gasteiger partial charge in [0, 0.05) is 25.8 Å². The maximum absolute atomic E-state index is 12.5. The van der Waals surface area contributed by atoms with E-state index in [1.165, 1.54) is 0 Å². The van der Waals surface area contributed by atoms with E-state index in [0.29, 0.717) is 31.5 Å². The highest BCUT2D eigenvalue weighted by atomic mass is 16.3. The van der Waals surface area contributed by atoms with Gasteiger partial charge in [-0.1, -0.05) is 0 Å². The number of hydrogen-bond donors (Lipinski definition) is 2. The summed E-state index contributed by atoms with van der Waals surface area (Å²) >= 11 is 0. The fraction of sp³-hybridized carbons (Fsp3) is 0.571. The number of rotatable bonds is 3. The first-order valence-corrected chi connectivity index (χ1v) is 6.73. The highest BCUT2D eigenvalue weighted by molar-refractivity contribution is 5.99. The van der Waals surface area contributed by atoms with E-state index in [-0.39, 0.29) is 5.91 Å². The fourth-order valence-corrected chi connectivity index (χ4v) is 2.27. The predicted octanol–water partition coefficient (Wildman–Crippen LogP) is 1.50. The molecule has 1 fully saturated rings. The van der Waals surface area contributed by atoms with Gasteiger partial charge in [-0.2, -0.15) is 0 Å². The van der Waals surface area contributed by atoms with E-state index in [1.54, 1.807) is 23.4 Å². The van der Waals surface area contributed by atoms with Crippen molar-refractivity contribution in [3.63, 3.8) is 0 Å². The molecular weight excluding hydrogens is 242 g/mol. The summed E-state index contributed by atoms with van der Waals surface area (Å²) in [5, 5.41) is 13.1. The van der Waals surface area contributed by atoms with Crippen molar-refractivity contribution in [3.8, 4) is 0 Å². The van der Waals surface area contributed by atoms with Gasteiger partial charge >= 0.3 is 0 Å². The van der Waals surface area contributed by atoms with Gasteiger partial charge in [-0.15, -0.1) is 0 Å². The number of nitrogens with zero attached hydrogens (tertiary/aromatic N) is 2. The van der Waals surface area contributed by atoms with Crippen LogP contribution in [0, 0.1) is 0 Å². The highest BCUT2D eigenvalue weighted by Gasteiger charge is 2.30. The SMILES string of the molecule is CCNc1cnccc1C(=O)N1CCC(C)(O)CC1. The van der Waals surface area contributed by atoms with Gasteiger partial charge in [0.15, 0.2) is 0 Å². The second kappa shape index (κ2) is 5.57. The lowest BCUT2D eigenvalue weighted by atomic mass is 9.93. The minimum Gasteiger partial charge on any atom is -0.390 e. The van der Waals surface area contributed by atoms with Crippen LogP contribution in [0.1, 0.15) is 37.0 Å². The van der Waals surface area contributed by atoms with Gasteiger partial charge in [-0.3, -0.25) is 9.78 Å². The van der Waals surface area contributed by atoms with Crippen molar-refractivity contribution < 1.29 is 9.90 Å². The monoisotopic (exact) mass is 263 g/mol. The molecular formula is C14H21N3O2. The van der Waals surface area contributed by atoms with Gasteiger partial charge < -0.3 is 15.3 Å². The van der Waals surface area contributed by atoms with Crippen LogP contribution in [0.25, 0.3) is 0 Å². The molecule has 0 saturated carbocycles. The first-order chi connectivity index (χ1) is 9.03. The molecule has 1 aliphatic rings. The van der Waals surface area contributed by atoms with E-state index >= 15 is 0 Å². The van der Waals surface area contributed by atoms with Crippen molar-refractivity contribution >= 4 is 11.6 Å². The Hall–Kier alpha value is -1.62.